The highest BCUT2D eigenvalue weighted by molar-refractivity contribution is 9.12. The van der Waals surface area contributed by atoms with Crippen LogP contribution in [0.25, 0.3) is 0 Å². The van der Waals surface area contributed by atoms with E-state index in [1.165, 1.54) is 0 Å². The first kappa shape index (κ1) is 10.5. The van der Waals surface area contributed by atoms with E-state index in [-0.39, 0.29) is 0 Å². The zero-order valence-electron chi connectivity index (χ0n) is 5.10. The molecule has 0 aliphatic carbocycles. The SMILES string of the molecule is O=P1(OSSSCl)OCCO1. The maximum atomic E-state index is 11.1. The van der Waals surface area contributed by atoms with Gasteiger partial charge in [0, 0.05) is 19.8 Å². The second-order valence-electron chi connectivity index (χ2n) is 1.39. The van der Waals surface area contributed by atoms with E-state index < -0.39 is 7.82 Å². The van der Waals surface area contributed by atoms with E-state index in [0.717, 1.165) is 30.9 Å². The summed E-state index contributed by atoms with van der Waals surface area (Å²) in [6, 6.07) is 0. The summed E-state index contributed by atoms with van der Waals surface area (Å²) in [5.41, 5.74) is 0. The molecule has 1 aliphatic rings. The van der Waals surface area contributed by atoms with Crippen LogP contribution in [0.5, 0.6) is 0 Å². The fourth-order valence-corrected chi connectivity index (χ4v) is 4.26. The minimum atomic E-state index is -3.23. The molecule has 1 rings (SSSR count). The van der Waals surface area contributed by atoms with Crippen molar-refractivity contribution in [2.75, 3.05) is 13.2 Å². The third-order valence-corrected chi connectivity index (χ3v) is 6.06. The molecule has 0 aromatic carbocycles. The number of phosphoric ester groups is 1. The molecule has 0 N–H and O–H groups in total. The molecule has 9 heteroatoms. The Kier molecular flexibility index (Phi) is 5.01. The number of hydrogen-bond donors (Lipinski definition) is 0. The zero-order valence-corrected chi connectivity index (χ0v) is 9.20. The largest absolute Gasteiger partial charge is 0.487 e. The Labute approximate surface area is 80.2 Å². The Morgan fingerprint density at radius 2 is 2.09 bits per heavy atom. The van der Waals surface area contributed by atoms with Gasteiger partial charge in [0.1, 0.15) is 0 Å². The van der Waals surface area contributed by atoms with Crippen LogP contribution in [0, 0.1) is 0 Å². The molecule has 0 radical (unpaired) electrons. The average Bonchev–Trinajstić information content (AvgIpc) is 2.38. The minimum Gasteiger partial charge on any atom is -0.284 e. The molecular formula is C2H4ClO4PS3. The van der Waals surface area contributed by atoms with E-state index in [9.17, 15) is 4.57 Å². The van der Waals surface area contributed by atoms with Gasteiger partial charge in [0.15, 0.2) is 0 Å². The first-order chi connectivity index (χ1) is 5.27. The van der Waals surface area contributed by atoms with E-state index in [1.807, 2.05) is 0 Å². The van der Waals surface area contributed by atoms with Crippen LogP contribution in [0.3, 0.4) is 0 Å². The van der Waals surface area contributed by atoms with E-state index >= 15 is 0 Å². The van der Waals surface area contributed by atoms with Crippen molar-refractivity contribution in [1.82, 2.24) is 0 Å². The molecule has 11 heavy (non-hydrogen) atoms. The lowest BCUT2D eigenvalue weighted by molar-refractivity contribution is 0.285. The van der Waals surface area contributed by atoms with E-state index in [0.29, 0.717) is 13.2 Å². The van der Waals surface area contributed by atoms with E-state index in [4.69, 9.17) is 23.7 Å². The van der Waals surface area contributed by atoms with Crippen LogP contribution in [0.15, 0.2) is 0 Å². The molecule has 66 valence electrons. The molecule has 0 atom stereocenters. The maximum absolute atomic E-state index is 11.1. The quantitative estimate of drug-likeness (QED) is 0.330. The van der Waals surface area contributed by atoms with Crippen LogP contribution in [-0.2, 0) is 17.6 Å². The van der Waals surface area contributed by atoms with Crippen LogP contribution >= 0.6 is 49.4 Å². The first-order valence-electron chi connectivity index (χ1n) is 2.46. The molecule has 0 unspecified atom stereocenters. The van der Waals surface area contributed by atoms with Gasteiger partial charge >= 0.3 is 7.82 Å². The summed E-state index contributed by atoms with van der Waals surface area (Å²) < 4.78 is 25.3. The Balaban J connectivity index is 2.18. The van der Waals surface area contributed by atoms with Gasteiger partial charge in [-0.1, -0.05) is 0 Å². The number of phosphoric acid groups is 1. The lowest BCUT2D eigenvalue weighted by Crippen LogP contribution is -1.79. The molecule has 1 heterocycles. The minimum absolute atomic E-state index is 0.316. The summed E-state index contributed by atoms with van der Waals surface area (Å²) >= 11 is 0.884. The first-order valence-corrected chi connectivity index (χ1v) is 8.16. The van der Waals surface area contributed by atoms with Crippen LogP contribution in [0.2, 0.25) is 0 Å². The van der Waals surface area contributed by atoms with Gasteiger partial charge in [-0.05, 0) is 10.7 Å². The Bertz CT molecular complexity index is 157. The summed E-state index contributed by atoms with van der Waals surface area (Å²) in [6.45, 7) is 0.632. The van der Waals surface area contributed by atoms with Crippen molar-refractivity contribution < 1.29 is 17.6 Å². The van der Waals surface area contributed by atoms with Crippen LogP contribution in [0.1, 0.15) is 0 Å². The molecule has 4 nitrogen and oxygen atoms in total. The predicted molar refractivity (Wildman–Crippen MR) is 49.2 cm³/mol. The monoisotopic (exact) mass is 254 g/mol. The third kappa shape index (κ3) is 3.78. The van der Waals surface area contributed by atoms with Gasteiger partial charge in [-0.2, -0.15) is 0 Å². The van der Waals surface area contributed by atoms with Crippen LogP contribution < -0.4 is 0 Å². The maximum Gasteiger partial charge on any atom is 0.487 e. The number of rotatable bonds is 4. The van der Waals surface area contributed by atoms with Crippen molar-refractivity contribution in [2.24, 2.45) is 0 Å². The van der Waals surface area contributed by atoms with Gasteiger partial charge in [-0.15, -0.1) is 0 Å². The molecule has 1 aliphatic heterocycles. The fourth-order valence-electron chi connectivity index (χ4n) is 0.439. The molecule has 1 fully saturated rings. The average molecular weight is 255 g/mol. The van der Waals surface area contributed by atoms with Gasteiger partial charge in [0.2, 0.25) is 0 Å². The highest BCUT2D eigenvalue weighted by Crippen LogP contribution is 2.58. The van der Waals surface area contributed by atoms with Gasteiger partial charge in [-0.3, -0.25) is 9.05 Å². The second-order valence-corrected chi connectivity index (χ2v) is 7.35. The zero-order chi connectivity index (χ0) is 8.16. The third-order valence-electron chi connectivity index (χ3n) is 0.757. The second kappa shape index (κ2) is 5.24. The Morgan fingerprint density at radius 3 is 2.64 bits per heavy atom. The van der Waals surface area contributed by atoms with Crippen molar-refractivity contribution in [2.45, 2.75) is 0 Å². The molecule has 0 bridgehead atoms. The van der Waals surface area contributed by atoms with Gasteiger partial charge < -0.3 is 0 Å². The number of hydrogen-bond acceptors (Lipinski definition) is 7. The standard InChI is InChI=1S/C2H4ClO4PS3/c3-9-11-10-7-8(4)5-1-2-6-8/h1-2H2. The topological polar surface area (TPSA) is 44.8 Å². The smallest absolute Gasteiger partial charge is 0.284 e. The predicted octanol–water partition coefficient (Wildman–Crippen LogP) is 3.26. The normalized spacial score (nSPS) is 22.3. The highest BCUT2D eigenvalue weighted by atomic mass is 35.7. The van der Waals surface area contributed by atoms with Crippen LogP contribution in [-0.4, -0.2) is 13.2 Å². The fraction of sp³-hybridized carbons (Fsp3) is 1.00. The molecule has 0 spiro atoms. The van der Waals surface area contributed by atoms with Crippen molar-refractivity contribution in [3.05, 3.63) is 0 Å². The Hall–Kier alpha value is 1.45. The van der Waals surface area contributed by atoms with Gasteiger partial charge in [0.05, 0.1) is 24.3 Å². The summed E-state index contributed by atoms with van der Waals surface area (Å²) in [5.74, 6) is 0. The molecule has 0 amide bonds. The summed E-state index contributed by atoms with van der Waals surface area (Å²) in [6.07, 6.45) is 0. The molecular weight excluding hydrogens is 251 g/mol. The summed E-state index contributed by atoms with van der Waals surface area (Å²) in [4.78, 5) is 0. The van der Waals surface area contributed by atoms with Gasteiger partial charge in [-0.25, -0.2) is 8.54 Å². The van der Waals surface area contributed by atoms with Crippen molar-refractivity contribution in [1.29, 1.82) is 0 Å². The number of halogens is 1. The summed E-state index contributed by atoms with van der Waals surface area (Å²) in [7, 11) is 4.13. The Morgan fingerprint density at radius 1 is 1.45 bits per heavy atom. The summed E-state index contributed by atoms with van der Waals surface area (Å²) in [5, 5.41) is 0. The highest BCUT2D eigenvalue weighted by Gasteiger charge is 2.32. The molecule has 0 saturated carbocycles. The van der Waals surface area contributed by atoms with Crippen molar-refractivity contribution >= 4 is 49.4 Å². The lowest BCUT2D eigenvalue weighted by atomic mass is 10.8. The lowest BCUT2D eigenvalue weighted by Gasteiger charge is -2.04. The molecule has 0 aromatic rings. The van der Waals surface area contributed by atoms with E-state index in [2.05, 4.69) is 0 Å². The molecule has 1 saturated heterocycles. The van der Waals surface area contributed by atoms with Crippen LogP contribution in [0.4, 0.5) is 0 Å². The van der Waals surface area contributed by atoms with Crippen molar-refractivity contribution in [3.63, 3.8) is 0 Å². The van der Waals surface area contributed by atoms with Gasteiger partial charge in [0.25, 0.3) is 0 Å². The molecule has 0 aromatic heterocycles. The van der Waals surface area contributed by atoms with Crippen molar-refractivity contribution in [3.8, 4) is 0 Å². The van der Waals surface area contributed by atoms with E-state index in [1.54, 1.807) is 0 Å².